The van der Waals surface area contributed by atoms with Crippen molar-refractivity contribution >= 4 is 11.6 Å². The first-order valence-corrected chi connectivity index (χ1v) is 10.5. The Morgan fingerprint density at radius 1 is 1.25 bits per heavy atom. The average molecular weight is 449 g/mol. The third kappa shape index (κ3) is 5.06. The predicted octanol–water partition coefficient (Wildman–Crippen LogP) is 2.66. The van der Waals surface area contributed by atoms with E-state index in [0.29, 0.717) is 18.8 Å². The molecule has 1 atom stereocenters. The molecule has 174 valence electrons. The molecular weight excluding hydrogens is 420 g/mol. The summed E-state index contributed by atoms with van der Waals surface area (Å²) in [7, 11) is 0. The lowest BCUT2D eigenvalue weighted by molar-refractivity contribution is -0.129. The molecule has 0 radical (unpaired) electrons. The minimum atomic E-state index is -3.07. The molecule has 2 heterocycles. The summed E-state index contributed by atoms with van der Waals surface area (Å²) in [4.78, 5) is 19.5. The minimum absolute atomic E-state index is 0.0659. The lowest BCUT2D eigenvalue weighted by atomic mass is 9.69. The first kappa shape index (κ1) is 24.0. The number of halogens is 2. The van der Waals surface area contributed by atoms with Gasteiger partial charge in [-0.2, -0.15) is 8.78 Å². The van der Waals surface area contributed by atoms with Crippen molar-refractivity contribution in [3.8, 4) is 5.88 Å². The van der Waals surface area contributed by atoms with Crippen molar-refractivity contribution in [2.45, 2.75) is 44.8 Å². The second kappa shape index (κ2) is 9.89. The molecule has 3 N–H and O–H groups in total. The molecule has 1 aliphatic heterocycles. The van der Waals surface area contributed by atoms with E-state index in [9.17, 15) is 18.7 Å². The molecule has 9 heteroatoms. The van der Waals surface area contributed by atoms with Crippen LogP contribution in [0.5, 0.6) is 5.88 Å². The topological polar surface area (TPSA) is 94.9 Å². The van der Waals surface area contributed by atoms with Gasteiger partial charge in [-0.05, 0) is 36.1 Å². The molecule has 2 aromatic rings. The fourth-order valence-corrected chi connectivity index (χ4v) is 4.12. The molecule has 7 nitrogen and oxygen atoms in total. The zero-order chi connectivity index (χ0) is 23.5. The Bertz CT molecular complexity index is 949. The Hall–Kier alpha value is -2.62. The number of ether oxygens (including phenoxy) is 1. The highest BCUT2D eigenvalue weighted by molar-refractivity contribution is 6.01. The van der Waals surface area contributed by atoms with E-state index in [-0.39, 0.29) is 36.5 Å². The van der Waals surface area contributed by atoms with Crippen LogP contribution in [0.15, 0.2) is 36.4 Å². The van der Waals surface area contributed by atoms with E-state index in [1.807, 2.05) is 43.0 Å². The number of aromatic nitrogens is 1. The number of hydrogen-bond acceptors (Lipinski definition) is 6. The first-order valence-electron chi connectivity index (χ1n) is 10.5. The van der Waals surface area contributed by atoms with Crippen molar-refractivity contribution in [1.82, 2.24) is 9.88 Å². The number of hydrogen-bond donors (Lipinski definition) is 3. The van der Waals surface area contributed by atoms with Gasteiger partial charge in [-0.25, -0.2) is 4.98 Å². The molecule has 1 saturated heterocycles. The van der Waals surface area contributed by atoms with E-state index in [1.165, 1.54) is 6.07 Å². The molecule has 32 heavy (non-hydrogen) atoms. The monoisotopic (exact) mass is 449 g/mol. The quantitative estimate of drug-likeness (QED) is 0.545. The summed E-state index contributed by atoms with van der Waals surface area (Å²) in [6.45, 7) is 3.11. The van der Waals surface area contributed by atoms with Gasteiger partial charge in [0.1, 0.15) is 5.69 Å². The highest BCUT2D eigenvalue weighted by Gasteiger charge is 2.52. The SMILES string of the molecule is Cc1ccc(NC(=O)C2(c3ccccc3C(C)C)CN(C[C@@H](O)CO)C2)c(OC(F)F)n1. The van der Waals surface area contributed by atoms with Gasteiger partial charge in [0, 0.05) is 25.3 Å². The summed E-state index contributed by atoms with van der Waals surface area (Å²) in [5.74, 6) is -0.552. The Morgan fingerprint density at radius 2 is 1.94 bits per heavy atom. The van der Waals surface area contributed by atoms with Gasteiger partial charge in [0.05, 0.1) is 18.1 Å². The van der Waals surface area contributed by atoms with E-state index in [4.69, 9.17) is 5.11 Å². The smallest absolute Gasteiger partial charge is 0.388 e. The Balaban J connectivity index is 1.95. The van der Waals surface area contributed by atoms with Gasteiger partial charge in [0.2, 0.25) is 11.8 Å². The maximum atomic E-state index is 13.6. The summed E-state index contributed by atoms with van der Waals surface area (Å²) in [5, 5.41) is 21.7. The van der Waals surface area contributed by atoms with Crippen molar-refractivity contribution in [2.24, 2.45) is 0 Å². The lowest BCUT2D eigenvalue weighted by Gasteiger charge is -2.50. The summed E-state index contributed by atoms with van der Waals surface area (Å²) in [6.07, 6.45) is -0.913. The number of amides is 1. The minimum Gasteiger partial charge on any atom is -0.415 e. The number of aryl methyl sites for hydroxylation is 1. The predicted molar refractivity (Wildman–Crippen MR) is 116 cm³/mol. The van der Waals surface area contributed by atoms with Crippen molar-refractivity contribution in [3.63, 3.8) is 0 Å². The van der Waals surface area contributed by atoms with Crippen LogP contribution in [-0.4, -0.2) is 65.0 Å². The molecular formula is C23H29F2N3O4. The number of carbonyl (C=O) groups is 1. The fourth-order valence-electron chi connectivity index (χ4n) is 4.12. The third-order valence-corrected chi connectivity index (χ3v) is 5.65. The Labute approximate surface area is 186 Å². The molecule has 3 rings (SSSR count). The number of β-amino-alcohol motifs (C(OH)–C–C–N with tert-alkyl or cyclic N) is 1. The maximum absolute atomic E-state index is 13.6. The van der Waals surface area contributed by atoms with Gasteiger partial charge < -0.3 is 20.3 Å². The van der Waals surface area contributed by atoms with E-state index in [0.717, 1.165) is 11.1 Å². The molecule has 1 aliphatic rings. The summed E-state index contributed by atoms with van der Waals surface area (Å²) < 4.78 is 30.3. The largest absolute Gasteiger partial charge is 0.415 e. The Kier molecular flexibility index (Phi) is 7.43. The average Bonchev–Trinajstić information content (AvgIpc) is 2.71. The van der Waals surface area contributed by atoms with Crippen LogP contribution in [0.3, 0.4) is 0 Å². The normalized spacial score (nSPS) is 16.7. The summed E-state index contributed by atoms with van der Waals surface area (Å²) >= 11 is 0. The maximum Gasteiger partial charge on any atom is 0.388 e. The molecule has 1 aromatic heterocycles. The van der Waals surface area contributed by atoms with Gasteiger partial charge >= 0.3 is 6.61 Å². The third-order valence-electron chi connectivity index (χ3n) is 5.65. The fraction of sp³-hybridized carbons (Fsp3) is 0.478. The molecule has 0 spiro atoms. The van der Waals surface area contributed by atoms with Gasteiger partial charge in [-0.1, -0.05) is 38.1 Å². The summed E-state index contributed by atoms with van der Waals surface area (Å²) in [6, 6.07) is 10.7. The van der Waals surface area contributed by atoms with Crippen LogP contribution in [-0.2, 0) is 10.2 Å². The van der Waals surface area contributed by atoms with E-state index in [1.54, 1.807) is 13.0 Å². The van der Waals surface area contributed by atoms with Crippen LogP contribution >= 0.6 is 0 Å². The highest BCUT2D eigenvalue weighted by Crippen LogP contribution is 2.40. The van der Waals surface area contributed by atoms with E-state index >= 15 is 0 Å². The number of aliphatic hydroxyl groups excluding tert-OH is 2. The number of benzene rings is 1. The summed E-state index contributed by atoms with van der Waals surface area (Å²) in [5.41, 5.74) is 1.44. The standard InChI is InChI=1S/C23H29F2N3O4/c1-14(2)17-6-4-5-7-18(17)23(12-28(13-23)10-16(30)11-29)21(31)27-19-9-8-15(3)26-20(19)32-22(24)25/h4-9,14,16,22,29-30H,10-13H2,1-3H3,(H,27,31)/t16-/m1/s1. The molecule has 1 aromatic carbocycles. The van der Waals surface area contributed by atoms with Crippen molar-refractivity contribution in [2.75, 3.05) is 31.6 Å². The number of likely N-dealkylation sites (tertiary alicyclic amines) is 1. The molecule has 0 unspecified atom stereocenters. The second-order valence-corrected chi connectivity index (χ2v) is 8.47. The first-order chi connectivity index (χ1) is 15.2. The molecule has 0 saturated carbocycles. The van der Waals surface area contributed by atoms with Crippen LogP contribution in [0.1, 0.15) is 36.6 Å². The number of rotatable bonds is 9. The molecule has 1 fully saturated rings. The Morgan fingerprint density at radius 3 is 2.56 bits per heavy atom. The van der Waals surface area contributed by atoms with Gasteiger partial charge in [0.15, 0.2) is 0 Å². The van der Waals surface area contributed by atoms with E-state index < -0.39 is 18.1 Å². The van der Waals surface area contributed by atoms with Crippen LogP contribution in [0.4, 0.5) is 14.5 Å². The number of nitrogens with one attached hydrogen (secondary N) is 1. The number of aliphatic hydroxyl groups is 2. The highest BCUT2D eigenvalue weighted by atomic mass is 19.3. The molecule has 0 bridgehead atoms. The number of nitrogens with zero attached hydrogens (tertiary/aromatic N) is 2. The van der Waals surface area contributed by atoms with E-state index in [2.05, 4.69) is 15.0 Å². The van der Waals surface area contributed by atoms with Crippen molar-refractivity contribution < 1.29 is 28.5 Å². The van der Waals surface area contributed by atoms with Crippen LogP contribution in [0.25, 0.3) is 0 Å². The van der Waals surface area contributed by atoms with Crippen LogP contribution in [0, 0.1) is 6.92 Å². The number of anilines is 1. The second-order valence-electron chi connectivity index (χ2n) is 8.47. The number of pyridine rings is 1. The van der Waals surface area contributed by atoms with Gasteiger partial charge in [0.25, 0.3) is 0 Å². The van der Waals surface area contributed by atoms with Crippen LogP contribution < -0.4 is 10.1 Å². The van der Waals surface area contributed by atoms with Crippen molar-refractivity contribution in [3.05, 3.63) is 53.2 Å². The van der Waals surface area contributed by atoms with Crippen molar-refractivity contribution in [1.29, 1.82) is 0 Å². The number of carbonyl (C=O) groups excluding carboxylic acids is 1. The zero-order valence-corrected chi connectivity index (χ0v) is 18.4. The molecule has 1 amide bonds. The number of alkyl halides is 2. The van der Waals surface area contributed by atoms with Gasteiger partial charge in [-0.15, -0.1) is 0 Å². The lowest BCUT2D eigenvalue weighted by Crippen LogP contribution is -2.66. The zero-order valence-electron chi connectivity index (χ0n) is 18.4. The van der Waals surface area contributed by atoms with Crippen LogP contribution in [0.2, 0.25) is 0 Å². The van der Waals surface area contributed by atoms with Gasteiger partial charge in [-0.3, -0.25) is 9.69 Å². The molecule has 0 aliphatic carbocycles.